The maximum atomic E-state index is 5.58. The van der Waals surface area contributed by atoms with Crippen molar-refractivity contribution in [2.24, 2.45) is 0 Å². The number of hydrogen-bond acceptors (Lipinski definition) is 0. The Morgan fingerprint density at radius 3 is 1.44 bits per heavy atom. The first-order chi connectivity index (χ1) is 7.74. The largest absolute Gasteiger partial charge is 0.122 e. The van der Waals surface area contributed by atoms with E-state index in [1.165, 1.54) is 5.56 Å². The van der Waals surface area contributed by atoms with Crippen LogP contribution < -0.4 is 0 Å². The van der Waals surface area contributed by atoms with Gasteiger partial charge in [0.25, 0.3) is 0 Å². The van der Waals surface area contributed by atoms with Gasteiger partial charge in [0, 0.05) is 5.88 Å². The molecule has 2 rings (SSSR count). The second-order valence-electron chi connectivity index (χ2n) is 3.03. The molecule has 0 spiro atoms. The molecular formula is C13H11Cl3. The first kappa shape index (κ1) is 13.4. The predicted octanol–water partition coefficient (Wildman–Crippen LogP) is 5.42. The lowest BCUT2D eigenvalue weighted by Crippen LogP contribution is -1.71. The Bertz CT molecular complexity index is 392. The summed E-state index contributed by atoms with van der Waals surface area (Å²) < 4.78 is 0. The topological polar surface area (TPSA) is 0 Å². The van der Waals surface area contributed by atoms with Crippen LogP contribution in [-0.4, -0.2) is 0 Å². The summed E-state index contributed by atoms with van der Waals surface area (Å²) in [6.45, 7) is 0. The lowest BCUT2D eigenvalue weighted by atomic mass is 10.2. The van der Waals surface area contributed by atoms with E-state index in [2.05, 4.69) is 0 Å². The zero-order valence-corrected chi connectivity index (χ0v) is 10.8. The molecule has 0 aromatic heterocycles. The Labute approximate surface area is 111 Å². The van der Waals surface area contributed by atoms with Crippen molar-refractivity contribution in [3.63, 3.8) is 0 Å². The molecule has 2 aromatic rings. The summed E-state index contributed by atoms with van der Waals surface area (Å²) in [5.74, 6) is 0.612. The number of benzene rings is 2. The Kier molecular flexibility index (Phi) is 6.32. The minimum absolute atomic E-state index is 0.606. The van der Waals surface area contributed by atoms with Crippen LogP contribution in [0.15, 0.2) is 54.6 Å². The highest BCUT2D eigenvalue weighted by Gasteiger charge is 1.89. The van der Waals surface area contributed by atoms with E-state index >= 15 is 0 Å². The third-order valence-corrected chi connectivity index (χ3v) is 2.89. The monoisotopic (exact) mass is 272 g/mol. The van der Waals surface area contributed by atoms with Gasteiger partial charge in [0.15, 0.2) is 0 Å². The van der Waals surface area contributed by atoms with Crippen LogP contribution in [-0.2, 0) is 5.88 Å². The standard InChI is InChI=1S/C7H7Cl.C6H4Cl2/c8-6-7-4-2-1-3-5-7;7-5-3-1-2-4-6(5)8/h1-5H,6H2;1-4H. The van der Waals surface area contributed by atoms with Crippen LogP contribution in [0.25, 0.3) is 0 Å². The van der Waals surface area contributed by atoms with Crippen molar-refractivity contribution in [1.82, 2.24) is 0 Å². The van der Waals surface area contributed by atoms with Gasteiger partial charge in [0.2, 0.25) is 0 Å². The van der Waals surface area contributed by atoms with Crippen LogP contribution in [0.3, 0.4) is 0 Å². The lowest BCUT2D eigenvalue weighted by molar-refractivity contribution is 1.41. The minimum atomic E-state index is 0.606. The Morgan fingerprint density at radius 1 is 0.688 bits per heavy atom. The zero-order valence-electron chi connectivity index (χ0n) is 8.54. The first-order valence-electron chi connectivity index (χ1n) is 4.74. The number of halogens is 3. The molecule has 0 N–H and O–H groups in total. The Hall–Kier alpha value is -0.690. The molecule has 0 atom stereocenters. The van der Waals surface area contributed by atoms with Crippen molar-refractivity contribution in [2.45, 2.75) is 5.88 Å². The zero-order chi connectivity index (χ0) is 11.8. The van der Waals surface area contributed by atoms with E-state index in [1.807, 2.05) is 42.5 Å². The highest BCUT2D eigenvalue weighted by Crippen LogP contribution is 2.19. The fourth-order valence-corrected chi connectivity index (χ4v) is 1.46. The molecule has 0 aliphatic rings. The van der Waals surface area contributed by atoms with Crippen LogP contribution in [0.4, 0.5) is 0 Å². The summed E-state index contributed by atoms with van der Waals surface area (Å²) in [5.41, 5.74) is 1.18. The van der Waals surface area contributed by atoms with Crippen LogP contribution in [0.5, 0.6) is 0 Å². The molecule has 0 aliphatic heterocycles. The number of alkyl halides is 1. The summed E-state index contributed by atoms with van der Waals surface area (Å²) >= 11 is 16.7. The smallest absolute Gasteiger partial charge is 0.0592 e. The SMILES string of the molecule is ClCc1ccccc1.Clc1ccccc1Cl. The summed E-state index contributed by atoms with van der Waals surface area (Å²) in [7, 11) is 0. The van der Waals surface area contributed by atoms with E-state index in [4.69, 9.17) is 34.8 Å². The molecule has 0 amide bonds. The first-order valence-corrected chi connectivity index (χ1v) is 6.03. The molecule has 2 aromatic carbocycles. The molecule has 0 saturated carbocycles. The van der Waals surface area contributed by atoms with Crippen molar-refractivity contribution >= 4 is 34.8 Å². The Morgan fingerprint density at radius 2 is 1.12 bits per heavy atom. The maximum Gasteiger partial charge on any atom is 0.0592 e. The molecule has 0 aliphatic carbocycles. The van der Waals surface area contributed by atoms with Gasteiger partial charge in [-0.3, -0.25) is 0 Å². The predicted molar refractivity (Wildman–Crippen MR) is 72.5 cm³/mol. The van der Waals surface area contributed by atoms with Crippen molar-refractivity contribution in [1.29, 1.82) is 0 Å². The van der Waals surface area contributed by atoms with E-state index < -0.39 is 0 Å². The van der Waals surface area contributed by atoms with Gasteiger partial charge in [0.1, 0.15) is 0 Å². The molecule has 16 heavy (non-hydrogen) atoms. The minimum Gasteiger partial charge on any atom is -0.122 e. The van der Waals surface area contributed by atoms with Gasteiger partial charge in [0.05, 0.1) is 10.0 Å². The van der Waals surface area contributed by atoms with Gasteiger partial charge < -0.3 is 0 Å². The van der Waals surface area contributed by atoms with Crippen LogP contribution in [0.1, 0.15) is 5.56 Å². The van der Waals surface area contributed by atoms with E-state index in [1.54, 1.807) is 12.1 Å². The fraction of sp³-hybridized carbons (Fsp3) is 0.0769. The van der Waals surface area contributed by atoms with E-state index in [9.17, 15) is 0 Å². The second-order valence-corrected chi connectivity index (χ2v) is 4.11. The van der Waals surface area contributed by atoms with Gasteiger partial charge in [-0.2, -0.15) is 0 Å². The molecule has 0 radical (unpaired) electrons. The van der Waals surface area contributed by atoms with Gasteiger partial charge in [-0.1, -0.05) is 65.7 Å². The maximum absolute atomic E-state index is 5.58. The second kappa shape index (κ2) is 7.56. The van der Waals surface area contributed by atoms with Gasteiger partial charge in [-0.25, -0.2) is 0 Å². The molecule has 0 unspecified atom stereocenters. The summed E-state index contributed by atoms with van der Waals surface area (Å²) in [4.78, 5) is 0. The van der Waals surface area contributed by atoms with Crippen LogP contribution in [0, 0.1) is 0 Å². The summed E-state index contributed by atoms with van der Waals surface area (Å²) in [6, 6.07) is 17.2. The molecule has 3 heteroatoms. The van der Waals surface area contributed by atoms with Gasteiger partial charge in [-0.05, 0) is 17.7 Å². The van der Waals surface area contributed by atoms with Gasteiger partial charge >= 0.3 is 0 Å². The third-order valence-electron chi connectivity index (χ3n) is 1.82. The lowest BCUT2D eigenvalue weighted by Gasteiger charge is -1.88. The molecule has 0 nitrogen and oxygen atoms in total. The van der Waals surface area contributed by atoms with Crippen LogP contribution >= 0.6 is 34.8 Å². The van der Waals surface area contributed by atoms with Crippen LogP contribution in [0.2, 0.25) is 10.0 Å². The molecule has 0 fully saturated rings. The summed E-state index contributed by atoms with van der Waals surface area (Å²) in [6.07, 6.45) is 0. The molecule has 0 saturated heterocycles. The van der Waals surface area contributed by atoms with Crippen molar-refractivity contribution in [2.75, 3.05) is 0 Å². The molecule has 0 heterocycles. The quantitative estimate of drug-likeness (QED) is 0.609. The highest BCUT2D eigenvalue weighted by atomic mass is 35.5. The number of rotatable bonds is 1. The number of hydrogen-bond donors (Lipinski definition) is 0. The van der Waals surface area contributed by atoms with Crippen molar-refractivity contribution in [3.8, 4) is 0 Å². The van der Waals surface area contributed by atoms with Gasteiger partial charge in [-0.15, -0.1) is 11.6 Å². The van der Waals surface area contributed by atoms with E-state index in [0.717, 1.165) is 0 Å². The molecular weight excluding hydrogens is 263 g/mol. The van der Waals surface area contributed by atoms with Crippen molar-refractivity contribution in [3.05, 3.63) is 70.2 Å². The van der Waals surface area contributed by atoms with Crippen molar-refractivity contribution < 1.29 is 0 Å². The molecule has 84 valence electrons. The normalized spacial score (nSPS) is 9.19. The summed E-state index contributed by atoms with van der Waals surface area (Å²) in [5, 5.41) is 1.21. The van der Waals surface area contributed by atoms with E-state index in [-0.39, 0.29) is 0 Å². The Balaban J connectivity index is 0.000000160. The average Bonchev–Trinajstić information content (AvgIpc) is 2.35. The third kappa shape index (κ3) is 4.89. The van der Waals surface area contributed by atoms with E-state index in [0.29, 0.717) is 15.9 Å². The molecule has 0 bridgehead atoms. The fourth-order valence-electron chi connectivity index (χ4n) is 1.01. The average molecular weight is 274 g/mol. The highest BCUT2D eigenvalue weighted by molar-refractivity contribution is 6.41.